The van der Waals surface area contributed by atoms with Crippen LogP contribution in [-0.2, 0) is 11.3 Å². The number of carbonyl (C=O) groups is 1. The lowest BCUT2D eigenvalue weighted by Gasteiger charge is -2.09. The summed E-state index contributed by atoms with van der Waals surface area (Å²) < 4.78 is 7.00. The van der Waals surface area contributed by atoms with Gasteiger partial charge in [0.15, 0.2) is 0 Å². The molecule has 1 N–H and O–H groups in total. The SMILES string of the molecule is O=C(Cn1cnc(-c2cccs2)cc1=O)Nc1ccc(Oc2ccccc2)cc1. The number of rotatable bonds is 6. The zero-order chi connectivity index (χ0) is 20.1. The highest BCUT2D eigenvalue weighted by Crippen LogP contribution is 2.23. The Hall–Kier alpha value is -3.71. The first-order valence-electron chi connectivity index (χ1n) is 8.90. The van der Waals surface area contributed by atoms with Crippen molar-refractivity contribution < 1.29 is 9.53 Å². The Morgan fingerprint density at radius 3 is 2.45 bits per heavy atom. The molecule has 0 fully saturated rings. The van der Waals surface area contributed by atoms with Gasteiger partial charge in [-0.3, -0.25) is 14.2 Å². The molecule has 2 aromatic carbocycles. The van der Waals surface area contributed by atoms with Crippen LogP contribution < -0.4 is 15.6 Å². The van der Waals surface area contributed by atoms with E-state index < -0.39 is 0 Å². The van der Waals surface area contributed by atoms with Crippen LogP contribution in [0.15, 0.2) is 89.3 Å². The summed E-state index contributed by atoms with van der Waals surface area (Å²) in [5, 5.41) is 4.69. The Morgan fingerprint density at radius 2 is 1.76 bits per heavy atom. The number of carbonyl (C=O) groups excluding carboxylic acids is 1. The van der Waals surface area contributed by atoms with E-state index in [-0.39, 0.29) is 18.0 Å². The first-order chi connectivity index (χ1) is 14.2. The quantitative estimate of drug-likeness (QED) is 0.518. The standard InChI is InChI=1S/C22H17N3O3S/c26-21(14-25-15-23-19(13-22(25)27)20-7-4-12-29-20)24-16-8-10-18(11-9-16)28-17-5-2-1-3-6-17/h1-13,15H,14H2,(H,24,26). The molecule has 4 aromatic rings. The molecule has 0 spiro atoms. The van der Waals surface area contributed by atoms with Crippen LogP contribution in [0.3, 0.4) is 0 Å². The normalized spacial score (nSPS) is 10.5. The lowest BCUT2D eigenvalue weighted by Crippen LogP contribution is -2.27. The summed E-state index contributed by atoms with van der Waals surface area (Å²) in [6.45, 7) is -0.112. The fraction of sp³-hybridized carbons (Fsp3) is 0.0455. The number of thiophene rings is 1. The van der Waals surface area contributed by atoms with E-state index in [1.54, 1.807) is 24.3 Å². The van der Waals surface area contributed by atoms with E-state index in [0.29, 0.717) is 17.1 Å². The number of nitrogens with one attached hydrogen (secondary N) is 1. The van der Waals surface area contributed by atoms with Gasteiger partial charge < -0.3 is 10.1 Å². The number of amides is 1. The summed E-state index contributed by atoms with van der Waals surface area (Å²) >= 11 is 1.51. The van der Waals surface area contributed by atoms with E-state index in [4.69, 9.17) is 4.74 Å². The van der Waals surface area contributed by atoms with Crippen molar-refractivity contribution in [3.8, 4) is 22.1 Å². The molecular formula is C22H17N3O3S. The minimum Gasteiger partial charge on any atom is -0.457 e. The maximum Gasteiger partial charge on any atom is 0.254 e. The van der Waals surface area contributed by atoms with Gasteiger partial charge >= 0.3 is 0 Å². The van der Waals surface area contributed by atoms with Crippen molar-refractivity contribution in [1.82, 2.24) is 9.55 Å². The molecule has 0 bridgehead atoms. The van der Waals surface area contributed by atoms with Crippen LogP contribution in [0.5, 0.6) is 11.5 Å². The lowest BCUT2D eigenvalue weighted by molar-refractivity contribution is -0.116. The average Bonchev–Trinajstić information content (AvgIpc) is 3.27. The van der Waals surface area contributed by atoms with Gasteiger partial charge in [-0.25, -0.2) is 4.98 Å². The number of para-hydroxylation sites is 1. The van der Waals surface area contributed by atoms with E-state index in [1.165, 1.54) is 28.3 Å². The van der Waals surface area contributed by atoms with Gasteiger partial charge in [0.05, 0.1) is 16.9 Å². The van der Waals surface area contributed by atoms with Gasteiger partial charge in [-0.2, -0.15) is 0 Å². The van der Waals surface area contributed by atoms with E-state index in [1.807, 2.05) is 47.8 Å². The van der Waals surface area contributed by atoms with Crippen LogP contribution in [0.2, 0.25) is 0 Å². The van der Waals surface area contributed by atoms with Crippen molar-refractivity contribution in [3.05, 3.63) is 94.9 Å². The minimum atomic E-state index is -0.311. The first-order valence-corrected chi connectivity index (χ1v) is 9.78. The van der Waals surface area contributed by atoms with Gasteiger partial charge in [0.2, 0.25) is 5.91 Å². The summed E-state index contributed by atoms with van der Waals surface area (Å²) in [6.07, 6.45) is 1.40. The Labute approximate surface area is 171 Å². The van der Waals surface area contributed by atoms with Crippen molar-refractivity contribution in [2.45, 2.75) is 6.54 Å². The van der Waals surface area contributed by atoms with Crippen LogP contribution in [-0.4, -0.2) is 15.5 Å². The molecule has 6 nitrogen and oxygen atoms in total. The molecule has 1 amide bonds. The molecule has 0 radical (unpaired) electrons. The minimum absolute atomic E-state index is 0.112. The molecule has 0 atom stereocenters. The number of hydrogen-bond donors (Lipinski definition) is 1. The molecule has 2 aromatic heterocycles. The highest BCUT2D eigenvalue weighted by Gasteiger charge is 2.08. The molecule has 0 unspecified atom stereocenters. The molecule has 0 saturated heterocycles. The molecular weight excluding hydrogens is 386 g/mol. The second kappa shape index (κ2) is 8.53. The third-order valence-electron chi connectivity index (χ3n) is 4.08. The smallest absolute Gasteiger partial charge is 0.254 e. The molecule has 4 rings (SSSR count). The molecule has 0 aliphatic rings. The fourth-order valence-electron chi connectivity index (χ4n) is 2.69. The van der Waals surface area contributed by atoms with Crippen LogP contribution in [0.4, 0.5) is 5.69 Å². The first kappa shape index (κ1) is 18.6. The predicted octanol–water partition coefficient (Wildman–Crippen LogP) is 4.40. The molecule has 7 heteroatoms. The van der Waals surface area contributed by atoms with Crippen molar-refractivity contribution in [2.24, 2.45) is 0 Å². The molecule has 0 aliphatic carbocycles. The Kier molecular flexibility index (Phi) is 5.49. The monoisotopic (exact) mass is 403 g/mol. The Morgan fingerprint density at radius 1 is 1.00 bits per heavy atom. The van der Waals surface area contributed by atoms with Crippen molar-refractivity contribution >= 4 is 22.9 Å². The molecule has 2 heterocycles. The van der Waals surface area contributed by atoms with E-state index in [9.17, 15) is 9.59 Å². The Bertz CT molecular complexity index is 1150. The van der Waals surface area contributed by atoms with Gasteiger partial charge in [-0.05, 0) is 47.8 Å². The highest BCUT2D eigenvalue weighted by molar-refractivity contribution is 7.13. The maximum atomic E-state index is 12.3. The number of anilines is 1. The maximum absolute atomic E-state index is 12.3. The molecule has 29 heavy (non-hydrogen) atoms. The third kappa shape index (κ3) is 4.77. The van der Waals surface area contributed by atoms with Crippen molar-refractivity contribution in [1.29, 1.82) is 0 Å². The van der Waals surface area contributed by atoms with Gasteiger partial charge in [0, 0.05) is 11.8 Å². The van der Waals surface area contributed by atoms with Gasteiger partial charge in [-0.1, -0.05) is 24.3 Å². The zero-order valence-electron chi connectivity index (χ0n) is 15.3. The van der Waals surface area contributed by atoms with Gasteiger partial charge in [-0.15, -0.1) is 11.3 Å². The second-order valence-electron chi connectivity index (χ2n) is 6.21. The van der Waals surface area contributed by atoms with Crippen LogP contribution in [0.1, 0.15) is 0 Å². The lowest BCUT2D eigenvalue weighted by atomic mass is 10.3. The van der Waals surface area contributed by atoms with E-state index in [0.717, 1.165) is 10.6 Å². The average molecular weight is 403 g/mol. The summed E-state index contributed by atoms with van der Waals surface area (Å²) in [4.78, 5) is 29.8. The highest BCUT2D eigenvalue weighted by atomic mass is 32.1. The zero-order valence-corrected chi connectivity index (χ0v) is 16.1. The molecule has 0 saturated carbocycles. The van der Waals surface area contributed by atoms with E-state index >= 15 is 0 Å². The predicted molar refractivity (Wildman–Crippen MR) is 113 cm³/mol. The van der Waals surface area contributed by atoms with Gasteiger partial charge in [0.1, 0.15) is 18.0 Å². The summed E-state index contributed by atoms with van der Waals surface area (Å²) in [7, 11) is 0. The van der Waals surface area contributed by atoms with Crippen LogP contribution >= 0.6 is 11.3 Å². The third-order valence-corrected chi connectivity index (χ3v) is 4.98. The summed E-state index contributed by atoms with van der Waals surface area (Å²) in [5.41, 5.74) is 0.951. The van der Waals surface area contributed by atoms with Gasteiger partial charge in [0.25, 0.3) is 5.56 Å². The van der Waals surface area contributed by atoms with Crippen LogP contribution in [0, 0.1) is 0 Å². The Balaban J connectivity index is 1.38. The van der Waals surface area contributed by atoms with Crippen molar-refractivity contribution in [2.75, 3.05) is 5.32 Å². The van der Waals surface area contributed by atoms with Crippen molar-refractivity contribution in [3.63, 3.8) is 0 Å². The number of aromatic nitrogens is 2. The largest absolute Gasteiger partial charge is 0.457 e. The number of benzene rings is 2. The molecule has 0 aliphatic heterocycles. The number of nitrogens with zero attached hydrogens (tertiary/aromatic N) is 2. The summed E-state index contributed by atoms with van der Waals surface area (Å²) in [5.74, 6) is 1.09. The number of hydrogen-bond acceptors (Lipinski definition) is 5. The fourth-order valence-corrected chi connectivity index (χ4v) is 3.38. The van der Waals surface area contributed by atoms with Crippen LogP contribution in [0.25, 0.3) is 10.6 Å². The van der Waals surface area contributed by atoms with E-state index in [2.05, 4.69) is 10.3 Å². The second-order valence-corrected chi connectivity index (χ2v) is 7.15. The topological polar surface area (TPSA) is 73.2 Å². The number of ether oxygens (including phenoxy) is 1. The molecule has 144 valence electrons. The summed E-state index contributed by atoms with van der Waals surface area (Å²) in [6, 6.07) is 21.7.